The molecule has 1 aromatic heterocycles. The van der Waals surface area contributed by atoms with Crippen LogP contribution in [0.25, 0.3) is 11.4 Å². The Hall–Kier alpha value is -2.80. The molecule has 0 atom stereocenters. The number of ether oxygens (including phenoxy) is 1. The fourth-order valence-electron chi connectivity index (χ4n) is 2.47. The van der Waals surface area contributed by atoms with Crippen LogP contribution in [0.5, 0.6) is 5.75 Å². The highest BCUT2D eigenvalue weighted by Gasteiger charge is 2.09. The highest BCUT2D eigenvalue weighted by molar-refractivity contribution is 7.99. The molecule has 0 aliphatic heterocycles. The van der Waals surface area contributed by atoms with Gasteiger partial charge in [0.1, 0.15) is 5.75 Å². The molecule has 7 heteroatoms. The molecule has 0 aliphatic rings. The largest absolute Gasteiger partial charge is 0.494 e. The van der Waals surface area contributed by atoms with E-state index in [9.17, 15) is 4.79 Å². The quantitative estimate of drug-likeness (QED) is 0.572. The van der Waals surface area contributed by atoms with E-state index in [0.29, 0.717) is 17.6 Å². The summed E-state index contributed by atoms with van der Waals surface area (Å²) in [5, 5.41) is 10.5. The number of benzene rings is 2. The van der Waals surface area contributed by atoms with Gasteiger partial charge in [-0.15, -0.1) is 5.10 Å². The number of hydrogen-bond acceptors (Lipinski definition) is 5. The molecule has 0 unspecified atom stereocenters. The van der Waals surface area contributed by atoms with Crippen molar-refractivity contribution in [1.82, 2.24) is 15.2 Å². The molecule has 0 saturated heterocycles. The Morgan fingerprint density at radius 2 is 1.85 bits per heavy atom. The van der Waals surface area contributed by atoms with Crippen molar-refractivity contribution in [2.75, 3.05) is 17.7 Å². The van der Waals surface area contributed by atoms with Crippen LogP contribution in [0.15, 0.2) is 53.7 Å². The highest BCUT2D eigenvalue weighted by Crippen LogP contribution is 2.20. The van der Waals surface area contributed by atoms with E-state index in [-0.39, 0.29) is 11.7 Å². The third-order valence-electron chi connectivity index (χ3n) is 3.88. The second-order valence-corrected chi connectivity index (χ2v) is 6.75. The molecule has 27 heavy (non-hydrogen) atoms. The molecule has 1 amide bonds. The minimum atomic E-state index is -0.109. The molecule has 0 spiro atoms. The van der Waals surface area contributed by atoms with Crippen LogP contribution in [0.1, 0.15) is 19.4 Å². The van der Waals surface area contributed by atoms with Gasteiger partial charge in [-0.2, -0.15) is 0 Å². The summed E-state index contributed by atoms with van der Waals surface area (Å²) in [6.45, 7) is 4.67. The molecule has 140 valence electrons. The van der Waals surface area contributed by atoms with Gasteiger partial charge in [0.15, 0.2) is 5.82 Å². The van der Waals surface area contributed by atoms with Gasteiger partial charge in [-0.1, -0.05) is 43.0 Å². The highest BCUT2D eigenvalue weighted by atomic mass is 32.2. The zero-order chi connectivity index (χ0) is 19.1. The number of nitrogens with zero attached hydrogens (tertiary/aromatic N) is 2. The molecule has 3 aromatic rings. The lowest BCUT2D eigenvalue weighted by Crippen LogP contribution is -2.14. The Labute approximate surface area is 162 Å². The second-order valence-electron chi connectivity index (χ2n) is 5.81. The number of amides is 1. The van der Waals surface area contributed by atoms with Crippen LogP contribution >= 0.6 is 11.8 Å². The number of H-pyrrole nitrogens is 1. The number of aryl methyl sites for hydroxylation is 1. The van der Waals surface area contributed by atoms with Gasteiger partial charge < -0.3 is 10.1 Å². The molecule has 2 aromatic carbocycles. The Morgan fingerprint density at radius 1 is 1.11 bits per heavy atom. The van der Waals surface area contributed by atoms with E-state index in [1.807, 2.05) is 43.3 Å². The van der Waals surface area contributed by atoms with E-state index >= 15 is 0 Å². The van der Waals surface area contributed by atoms with E-state index in [2.05, 4.69) is 39.6 Å². The van der Waals surface area contributed by atoms with Crippen molar-refractivity contribution in [1.29, 1.82) is 0 Å². The third kappa shape index (κ3) is 5.34. The number of nitrogens with one attached hydrogen (secondary N) is 2. The molecule has 0 fully saturated rings. The maximum absolute atomic E-state index is 12.1. The lowest BCUT2D eigenvalue weighted by atomic mass is 10.1. The average molecular weight is 382 g/mol. The number of aromatic nitrogens is 3. The molecule has 6 nitrogen and oxygen atoms in total. The van der Waals surface area contributed by atoms with Crippen molar-refractivity contribution in [2.45, 2.75) is 25.4 Å². The third-order valence-corrected chi connectivity index (χ3v) is 4.73. The minimum Gasteiger partial charge on any atom is -0.494 e. The number of rotatable bonds is 8. The van der Waals surface area contributed by atoms with Crippen LogP contribution in [0.2, 0.25) is 0 Å². The molecule has 0 bridgehead atoms. The fraction of sp³-hybridized carbons (Fsp3) is 0.250. The summed E-state index contributed by atoms with van der Waals surface area (Å²) in [6.07, 6.45) is 1.00. The second kappa shape index (κ2) is 9.23. The summed E-state index contributed by atoms with van der Waals surface area (Å²) < 4.78 is 5.39. The number of aromatic amines is 1. The maximum atomic E-state index is 12.1. The first-order valence-corrected chi connectivity index (χ1v) is 9.83. The number of hydrogen-bond donors (Lipinski definition) is 2. The van der Waals surface area contributed by atoms with E-state index in [1.165, 1.54) is 17.3 Å². The number of anilines is 1. The van der Waals surface area contributed by atoms with Crippen LogP contribution in [0.4, 0.5) is 5.69 Å². The summed E-state index contributed by atoms with van der Waals surface area (Å²) in [7, 11) is 0. The van der Waals surface area contributed by atoms with Gasteiger partial charge >= 0.3 is 0 Å². The molecule has 0 saturated carbocycles. The van der Waals surface area contributed by atoms with Crippen molar-refractivity contribution < 1.29 is 9.53 Å². The average Bonchev–Trinajstić information content (AvgIpc) is 3.17. The van der Waals surface area contributed by atoms with E-state index in [1.54, 1.807) is 0 Å². The molecular weight excluding hydrogens is 360 g/mol. The van der Waals surface area contributed by atoms with Gasteiger partial charge in [0.05, 0.1) is 12.4 Å². The van der Waals surface area contributed by atoms with Gasteiger partial charge in [0, 0.05) is 11.3 Å². The van der Waals surface area contributed by atoms with Crippen molar-refractivity contribution in [3.05, 3.63) is 54.1 Å². The molecule has 3 rings (SSSR count). The van der Waals surface area contributed by atoms with Crippen molar-refractivity contribution in [3.8, 4) is 17.1 Å². The lowest BCUT2D eigenvalue weighted by Gasteiger charge is -2.06. The van der Waals surface area contributed by atoms with Gasteiger partial charge in [-0.25, -0.2) is 4.98 Å². The molecule has 0 radical (unpaired) electrons. The first kappa shape index (κ1) is 19.0. The van der Waals surface area contributed by atoms with Crippen LogP contribution in [-0.4, -0.2) is 33.4 Å². The van der Waals surface area contributed by atoms with Gasteiger partial charge in [-0.05, 0) is 43.2 Å². The van der Waals surface area contributed by atoms with Crippen LogP contribution in [0.3, 0.4) is 0 Å². The molecule has 1 heterocycles. The van der Waals surface area contributed by atoms with Crippen molar-refractivity contribution in [3.63, 3.8) is 0 Å². The molecular formula is C20H22N4O2S. The van der Waals surface area contributed by atoms with Crippen molar-refractivity contribution >= 4 is 23.4 Å². The number of carbonyl (C=O) groups excluding carboxylic acids is 1. The van der Waals surface area contributed by atoms with E-state index in [0.717, 1.165) is 23.4 Å². The monoisotopic (exact) mass is 382 g/mol. The lowest BCUT2D eigenvalue weighted by molar-refractivity contribution is -0.113. The first-order valence-electron chi connectivity index (χ1n) is 8.85. The topological polar surface area (TPSA) is 79.9 Å². The van der Waals surface area contributed by atoms with Crippen LogP contribution < -0.4 is 10.1 Å². The first-order chi connectivity index (χ1) is 13.2. The summed E-state index contributed by atoms with van der Waals surface area (Å²) >= 11 is 1.29. The summed E-state index contributed by atoms with van der Waals surface area (Å²) in [5.41, 5.74) is 2.99. The maximum Gasteiger partial charge on any atom is 0.234 e. The predicted octanol–water partition coefficient (Wildman–Crippen LogP) is 4.16. The fourth-order valence-corrected chi connectivity index (χ4v) is 3.07. The van der Waals surface area contributed by atoms with E-state index < -0.39 is 0 Å². The smallest absolute Gasteiger partial charge is 0.234 e. The van der Waals surface area contributed by atoms with Gasteiger partial charge in [0.2, 0.25) is 11.1 Å². The summed E-state index contributed by atoms with van der Waals surface area (Å²) in [4.78, 5) is 16.6. The molecule has 2 N–H and O–H groups in total. The number of carbonyl (C=O) groups is 1. The van der Waals surface area contributed by atoms with Gasteiger partial charge in [-0.3, -0.25) is 9.89 Å². The Balaban J connectivity index is 1.52. The van der Waals surface area contributed by atoms with Gasteiger partial charge in [0.25, 0.3) is 0 Å². The molecule has 0 aliphatic carbocycles. The Bertz CT molecular complexity index is 876. The Morgan fingerprint density at radius 3 is 2.52 bits per heavy atom. The minimum absolute atomic E-state index is 0.109. The van der Waals surface area contributed by atoms with E-state index in [4.69, 9.17) is 4.74 Å². The van der Waals surface area contributed by atoms with Crippen molar-refractivity contribution in [2.24, 2.45) is 0 Å². The van der Waals surface area contributed by atoms with Crippen LogP contribution in [0, 0.1) is 0 Å². The summed E-state index contributed by atoms with van der Waals surface area (Å²) in [5.74, 6) is 1.61. The number of thioether (sulfide) groups is 1. The standard InChI is InChI=1S/C20H22N4O2S/c1-3-14-5-7-15(8-6-14)19-22-20(24-23-19)27-13-18(25)21-16-9-11-17(12-10-16)26-4-2/h5-12H,3-4,13H2,1-2H3,(H,21,25)(H,22,23,24). The zero-order valence-corrected chi connectivity index (χ0v) is 16.2. The predicted molar refractivity (Wildman–Crippen MR) is 108 cm³/mol. The van der Waals surface area contributed by atoms with Crippen LogP contribution in [-0.2, 0) is 11.2 Å². The SMILES string of the molecule is CCOc1ccc(NC(=O)CSc2n[nH]c(-c3ccc(CC)cc3)n2)cc1. The Kier molecular flexibility index (Phi) is 6.49. The summed E-state index contributed by atoms with van der Waals surface area (Å²) in [6, 6.07) is 15.5. The normalized spacial score (nSPS) is 10.6. The zero-order valence-electron chi connectivity index (χ0n) is 15.4.